The van der Waals surface area contributed by atoms with E-state index in [1.165, 1.54) is 44.5 Å². The van der Waals surface area contributed by atoms with E-state index in [0.717, 1.165) is 25.4 Å². The molecule has 120 valence electrons. The zero-order chi connectivity index (χ0) is 15.3. The molecular formula is C18H33N3. The number of pyridine rings is 1. The first-order chi connectivity index (χ1) is 10.2. The third-order valence-corrected chi connectivity index (χ3v) is 3.67. The molecule has 0 aliphatic rings. The molecule has 1 heterocycles. The van der Waals surface area contributed by atoms with Gasteiger partial charge in [0.25, 0.3) is 0 Å². The summed E-state index contributed by atoms with van der Waals surface area (Å²) in [6.45, 7) is 9.14. The summed E-state index contributed by atoms with van der Waals surface area (Å²) in [5, 5.41) is 3.51. The minimum atomic E-state index is 0.762. The van der Waals surface area contributed by atoms with E-state index in [1.807, 2.05) is 12.3 Å². The first kappa shape index (κ1) is 18.1. The Morgan fingerprint density at radius 2 is 1.90 bits per heavy atom. The molecule has 0 aromatic carbocycles. The predicted molar refractivity (Wildman–Crippen MR) is 91.6 cm³/mol. The Morgan fingerprint density at radius 1 is 1.10 bits per heavy atom. The fourth-order valence-electron chi connectivity index (χ4n) is 2.34. The van der Waals surface area contributed by atoms with Gasteiger partial charge in [0, 0.05) is 24.9 Å². The highest BCUT2D eigenvalue weighted by Gasteiger charge is 2.00. The third kappa shape index (κ3) is 10.4. The van der Waals surface area contributed by atoms with Gasteiger partial charge in [0.2, 0.25) is 0 Å². The van der Waals surface area contributed by atoms with Crippen molar-refractivity contribution in [2.45, 2.75) is 46.0 Å². The molecule has 0 aliphatic carbocycles. The van der Waals surface area contributed by atoms with E-state index in [2.05, 4.69) is 48.2 Å². The fourth-order valence-corrected chi connectivity index (χ4v) is 2.34. The van der Waals surface area contributed by atoms with Crippen LogP contribution in [0.4, 0.5) is 0 Å². The van der Waals surface area contributed by atoms with Crippen LogP contribution in [0.5, 0.6) is 0 Å². The van der Waals surface area contributed by atoms with E-state index < -0.39 is 0 Å². The molecule has 0 amide bonds. The number of nitrogens with zero attached hydrogens (tertiary/aromatic N) is 2. The van der Waals surface area contributed by atoms with Crippen LogP contribution in [0.1, 0.15) is 45.2 Å². The molecule has 0 saturated carbocycles. The van der Waals surface area contributed by atoms with Crippen LogP contribution in [0.25, 0.3) is 0 Å². The Balaban J connectivity index is 1.90. The molecule has 0 fully saturated rings. The first-order valence-corrected chi connectivity index (χ1v) is 8.47. The van der Waals surface area contributed by atoms with E-state index in [0.29, 0.717) is 0 Å². The molecule has 0 aliphatic heterocycles. The average molecular weight is 291 g/mol. The quantitative estimate of drug-likeness (QED) is 0.599. The molecule has 0 spiro atoms. The van der Waals surface area contributed by atoms with Crippen molar-refractivity contribution in [2.75, 3.05) is 33.2 Å². The molecule has 1 N–H and O–H groups in total. The SMILES string of the molecule is CC(C)CNCCCCCCN(C)CCc1ccccn1. The molecule has 3 heteroatoms. The van der Waals surface area contributed by atoms with Crippen LogP contribution >= 0.6 is 0 Å². The number of unbranched alkanes of at least 4 members (excludes halogenated alkanes) is 3. The summed E-state index contributed by atoms with van der Waals surface area (Å²) in [4.78, 5) is 6.79. The fraction of sp³-hybridized carbons (Fsp3) is 0.722. The van der Waals surface area contributed by atoms with Crippen LogP contribution in [-0.4, -0.2) is 43.1 Å². The van der Waals surface area contributed by atoms with E-state index in [-0.39, 0.29) is 0 Å². The van der Waals surface area contributed by atoms with Crippen LogP contribution in [0.2, 0.25) is 0 Å². The van der Waals surface area contributed by atoms with Crippen molar-refractivity contribution < 1.29 is 0 Å². The van der Waals surface area contributed by atoms with Crippen molar-refractivity contribution in [3.8, 4) is 0 Å². The number of nitrogens with one attached hydrogen (secondary N) is 1. The van der Waals surface area contributed by atoms with Crippen molar-refractivity contribution in [2.24, 2.45) is 5.92 Å². The Hall–Kier alpha value is -0.930. The molecule has 0 radical (unpaired) electrons. The largest absolute Gasteiger partial charge is 0.316 e. The van der Waals surface area contributed by atoms with Gasteiger partial charge < -0.3 is 10.2 Å². The van der Waals surface area contributed by atoms with Gasteiger partial charge in [-0.1, -0.05) is 32.8 Å². The number of likely N-dealkylation sites (N-methyl/N-ethyl adjacent to an activating group) is 1. The van der Waals surface area contributed by atoms with Gasteiger partial charge in [-0.3, -0.25) is 4.98 Å². The number of rotatable bonds is 12. The lowest BCUT2D eigenvalue weighted by atomic mass is 10.1. The smallest absolute Gasteiger partial charge is 0.0416 e. The van der Waals surface area contributed by atoms with Crippen LogP contribution < -0.4 is 5.32 Å². The number of aromatic nitrogens is 1. The van der Waals surface area contributed by atoms with Crippen molar-refractivity contribution in [1.82, 2.24) is 15.2 Å². The standard InChI is InChI=1S/C18H33N3/c1-17(2)16-19-12-7-4-5-9-14-21(3)15-11-18-10-6-8-13-20-18/h6,8,10,13,17,19H,4-5,7,9,11-12,14-16H2,1-3H3. The molecule has 21 heavy (non-hydrogen) atoms. The van der Waals surface area contributed by atoms with Gasteiger partial charge >= 0.3 is 0 Å². The Labute approximate surface area is 131 Å². The van der Waals surface area contributed by atoms with Crippen molar-refractivity contribution >= 4 is 0 Å². The minimum absolute atomic E-state index is 0.762. The Morgan fingerprint density at radius 3 is 2.62 bits per heavy atom. The van der Waals surface area contributed by atoms with Gasteiger partial charge in [-0.05, 0) is 57.6 Å². The molecule has 0 unspecified atom stereocenters. The van der Waals surface area contributed by atoms with Gasteiger partial charge in [-0.2, -0.15) is 0 Å². The maximum Gasteiger partial charge on any atom is 0.0416 e. The average Bonchev–Trinajstić information content (AvgIpc) is 2.48. The van der Waals surface area contributed by atoms with Gasteiger partial charge in [0.05, 0.1) is 0 Å². The van der Waals surface area contributed by atoms with E-state index in [1.54, 1.807) is 0 Å². The number of hydrogen-bond acceptors (Lipinski definition) is 3. The second-order valence-electron chi connectivity index (χ2n) is 6.39. The highest BCUT2D eigenvalue weighted by molar-refractivity contribution is 5.03. The zero-order valence-corrected chi connectivity index (χ0v) is 14.1. The van der Waals surface area contributed by atoms with Gasteiger partial charge in [0.1, 0.15) is 0 Å². The molecule has 1 aromatic rings. The maximum absolute atomic E-state index is 4.37. The van der Waals surface area contributed by atoms with Crippen molar-refractivity contribution in [3.05, 3.63) is 30.1 Å². The summed E-state index contributed by atoms with van der Waals surface area (Å²) < 4.78 is 0. The Bertz CT molecular complexity index is 338. The summed E-state index contributed by atoms with van der Waals surface area (Å²) in [6, 6.07) is 6.15. The molecule has 0 bridgehead atoms. The minimum Gasteiger partial charge on any atom is -0.316 e. The summed E-state index contributed by atoms with van der Waals surface area (Å²) in [7, 11) is 2.22. The summed E-state index contributed by atoms with van der Waals surface area (Å²) in [5.41, 5.74) is 1.19. The predicted octanol–water partition coefficient (Wildman–Crippen LogP) is 3.36. The lowest BCUT2D eigenvalue weighted by molar-refractivity contribution is 0.326. The topological polar surface area (TPSA) is 28.2 Å². The molecule has 1 rings (SSSR count). The van der Waals surface area contributed by atoms with Crippen LogP contribution in [0.15, 0.2) is 24.4 Å². The lowest BCUT2D eigenvalue weighted by Crippen LogP contribution is -2.23. The Kier molecular flexibility index (Phi) is 10.1. The lowest BCUT2D eigenvalue weighted by Gasteiger charge is -2.16. The van der Waals surface area contributed by atoms with E-state index in [4.69, 9.17) is 0 Å². The molecule has 3 nitrogen and oxygen atoms in total. The van der Waals surface area contributed by atoms with Gasteiger partial charge in [-0.15, -0.1) is 0 Å². The molecule has 0 atom stereocenters. The highest BCUT2D eigenvalue weighted by Crippen LogP contribution is 2.02. The van der Waals surface area contributed by atoms with E-state index >= 15 is 0 Å². The third-order valence-electron chi connectivity index (χ3n) is 3.67. The second kappa shape index (κ2) is 11.7. The number of hydrogen-bond donors (Lipinski definition) is 1. The first-order valence-electron chi connectivity index (χ1n) is 8.47. The molecule has 1 aromatic heterocycles. The van der Waals surface area contributed by atoms with Crippen LogP contribution in [0, 0.1) is 5.92 Å². The molecule has 0 saturated heterocycles. The summed E-state index contributed by atoms with van der Waals surface area (Å²) >= 11 is 0. The maximum atomic E-state index is 4.37. The highest BCUT2D eigenvalue weighted by atomic mass is 15.1. The molecular weight excluding hydrogens is 258 g/mol. The summed E-state index contributed by atoms with van der Waals surface area (Å²) in [5.74, 6) is 0.762. The van der Waals surface area contributed by atoms with Crippen molar-refractivity contribution in [3.63, 3.8) is 0 Å². The second-order valence-corrected chi connectivity index (χ2v) is 6.39. The monoisotopic (exact) mass is 291 g/mol. The van der Waals surface area contributed by atoms with Crippen molar-refractivity contribution in [1.29, 1.82) is 0 Å². The normalized spacial score (nSPS) is 11.5. The van der Waals surface area contributed by atoms with Gasteiger partial charge in [-0.25, -0.2) is 0 Å². The summed E-state index contributed by atoms with van der Waals surface area (Å²) in [6.07, 6.45) is 8.24. The van der Waals surface area contributed by atoms with Crippen LogP contribution in [0.3, 0.4) is 0 Å². The van der Waals surface area contributed by atoms with E-state index in [9.17, 15) is 0 Å². The zero-order valence-electron chi connectivity index (χ0n) is 14.1. The van der Waals surface area contributed by atoms with Crippen LogP contribution in [-0.2, 0) is 6.42 Å². The van der Waals surface area contributed by atoms with Gasteiger partial charge in [0.15, 0.2) is 0 Å².